The first-order chi connectivity index (χ1) is 6.81. The highest BCUT2D eigenvalue weighted by atomic mass is 35.5. The maximum atomic E-state index is 10.6. The van der Waals surface area contributed by atoms with Gasteiger partial charge >= 0.3 is 5.97 Å². The van der Waals surface area contributed by atoms with Crippen LogP contribution >= 0.6 is 12.4 Å². The van der Waals surface area contributed by atoms with Crippen molar-refractivity contribution in [3.63, 3.8) is 0 Å². The molecule has 0 aromatic heterocycles. The Morgan fingerprint density at radius 3 is 2.13 bits per heavy atom. The lowest BCUT2D eigenvalue weighted by Crippen LogP contribution is -2.17. The van der Waals surface area contributed by atoms with Crippen LogP contribution in [-0.4, -0.2) is 19.1 Å². The smallest absolute Gasteiger partial charge is 0.319 e. The highest BCUT2D eigenvalue weighted by Gasteiger charge is 1.97. The van der Waals surface area contributed by atoms with Gasteiger partial charge in [0.15, 0.2) is 0 Å². The van der Waals surface area contributed by atoms with Crippen LogP contribution in [-0.2, 0) is 9.53 Å². The molecule has 0 amide bonds. The quantitative estimate of drug-likeness (QED) is 0.496. The molecule has 92 valence electrons. The summed E-state index contributed by atoms with van der Waals surface area (Å²) in [6.07, 6.45) is 8.63. The number of carbonyl (C=O) groups excluding carboxylic acids is 1. The molecule has 0 aliphatic carbocycles. The molecule has 4 heteroatoms. The molecule has 0 aromatic carbocycles. The molecule has 0 heterocycles. The van der Waals surface area contributed by atoms with E-state index >= 15 is 0 Å². The van der Waals surface area contributed by atoms with E-state index in [1.807, 2.05) is 0 Å². The van der Waals surface area contributed by atoms with Crippen molar-refractivity contribution in [2.45, 2.75) is 51.9 Å². The summed E-state index contributed by atoms with van der Waals surface area (Å²) in [5, 5.41) is 0. The lowest BCUT2D eigenvalue weighted by molar-refractivity contribution is -0.142. The standard InChI is InChI=1S/C11H23NO2.ClH/c1-2-3-4-5-6-7-8-9-14-11(13)10-12;/h2-10,12H2,1H3;1H. The molecule has 0 aromatic rings. The Hall–Kier alpha value is -0.280. The molecule has 0 rings (SSSR count). The molecule has 3 nitrogen and oxygen atoms in total. The second-order valence-corrected chi connectivity index (χ2v) is 3.55. The minimum Gasteiger partial charge on any atom is -0.465 e. The molecule has 0 aliphatic heterocycles. The summed E-state index contributed by atoms with van der Waals surface area (Å²) in [4.78, 5) is 10.6. The normalized spacial score (nSPS) is 9.47. The number of halogens is 1. The predicted octanol–water partition coefficient (Wildman–Crippen LogP) is 2.66. The van der Waals surface area contributed by atoms with Gasteiger partial charge in [0.1, 0.15) is 0 Å². The fourth-order valence-electron chi connectivity index (χ4n) is 1.30. The first-order valence-corrected chi connectivity index (χ1v) is 5.67. The van der Waals surface area contributed by atoms with E-state index in [0.717, 1.165) is 12.8 Å². The molecule has 2 N–H and O–H groups in total. The van der Waals surface area contributed by atoms with Crippen molar-refractivity contribution < 1.29 is 9.53 Å². The molecule has 0 atom stereocenters. The number of esters is 1. The molecule has 15 heavy (non-hydrogen) atoms. The van der Waals surface area contributed by atoms with E-state index in [9.17, 15) is 4.79 Å². The number of rotatable bonds is 9. The Morgan fingerprint density at radius 2 is 1.60 bits per heavy atom. The molecular formula is C11H24ClNO2. The highest BCUT2D eigenvalue weighted by molar-refractivity contribution is 5.85. The van der Waals surface area contributed by atoms with Crippen molar-refractivity contribution in [3.05, 3.63) is 0 Å². The largest absolute Gasteiger partial charge is 0.465 e. The summed E-state index contributed by atoms with van der Waals surface area (Å²) in [6, 6.07) is 0. The zero-order valence-corrected chi connectivity index (χ0v) is 10.5. The molecule has 0 spiro atoms. The number of hydrogen-bond acceptors (Lipinski definition) is 3. The lowest BCUT2D eigenvalue weighted by atomic mass is 10.1. The van der Waals surface area contributed by atoms with Crippen LogP contribution in [0.2, 0.25) is 0 Å². The second-order valence-electron chi connectivity index (χ2n) is 3.55. The summed E-state index contributed by atoms with van der Waals surface area (Å²) >= 11 is 0. The van der Waals surface area contributed by atoms with Crippen LogP contribution in [0.5, 0.6) is 0 Å². The average molecular weight is 238 g/mol. The van der Waals surface area contributed by atoms with E-state index in [1.54, 1.807) is 0 Å². The van der Waals surface area contributed by atoms with Gasteiger partial charge in [-0.2, -0.15) is 0 Å². The number of ether oxygens (including phenoxy) is 1. The monoisotopic (exact) mass is 237 g/mol. The van der Waals surface area contributed by atoms with Gasteiger partial charge in [-0.1, -0.05) is 45.4 Å². The number of hydrogen-bond donors (Lipinski definition) is 1. The van der Waals surface area contributed by atoms with Crippen LogP contribution in [0, 0.1) is 0 Å². The second kappa shape index (κ2) is 13.7. The van der Waals surface area contributed by atoms with Gasteiger partial charge in [-0.15, -0.1) is 12.4 Å². The van der Waals surface area contributed by atoms with Crippen molar-refractivity contribution in [1.29, 1.82) is 0 Å². The third-order valence-electron chi connectivity index (χ3n) is 2.18. The van der Waals surface area contributed by atoms with Crippen molar-refractivity contribution in [3.8, 4) is 0 Å². The number of nitrogens with two attached hydrogens (primary N) is 1. The average Bonchev–Trinajstić information content (AvgIpc) is 2.21. The molecule has 0 saturated heterocycles. The SMILES string of the molecule is CCCCCCCCCOC(=O)CN.Cl. The molecule has 0 saturated carbocycles. The minimum absolute atomic E-state index is 0. The maximum Gasteiger partial charge on any atom is 0.319 e. The summed E-state index contributed by atoms with van der Waals surface area (Å²) in [7, 11) is 0. The molecule has 0 bridgehead atoms. The Balaban J connectivity index is 0. The third kappa shape index (κ3) is 13.7. The van der Waals surface area contributed by atoms with E-state index in [-0.39, 0.29) is 24.9 Å². The van der Waals surface area contributed by atoms with Crippen molar-refractivity contribution in [2.75, 3.05) is 13.2 Å². The fraction of sp³-hybridized carbons (Fsp3) is 0.909. The highest BCUT2D eigenvalue weighted by Crippen LogP contribution is 2.06. The van der Waals surface area contributed by atoms with Crippen molar-refractivity contribution >= 4 is 18.4 Å². The summed E-state index contributed by atoms with van der Waals surface area (Å²) in [5.74, 6) is -0.295. The van der Waals surface area contributed by atoms with Gasteiger partial charge in [-0.05, 0) is 6.42 Å². The van der Waals surface area contributed by atoms with Gasteiger partial charge in [-0.3, -0.25) is 4.79 Å². The zero-order valence-electron chi connectivity index (χ0n) is 9.67. The molecule has 0 aliphatic rings. The van der Waals surface area contributed by atoms with Gasteiger partial charge in [-0.25, -0.2) is 0 Å². The van der Waals surface area contributed by atoms with Crippen molar-refractivity contribution in [2.24, 2.45) is 5.73 Å². The zero-order chi connectivity index (χ0) is 10.6. The summed E-state index contributed by atoms with van der Waals surface area (Å²) in [5.41, 5.74) is 5.09. The lowest BCUT2D eigenvalue weighted by Gasteiger charge is -2.02. The summed E-state index contributed by atoms with van der Waals surface area (Å²) < 4.78 is 4.85. The Kier molecular flexibility index (Phi) is 15.7. The fourth-order valence-corrected chi connectivity index (χ4v) is 1.30. The molecule has 0 unspecified atom stereocenters. The first kappa shape index (κ1) is 17.1. The van der Waals surface area contributed by atoms with Crippen LogP contribution in [0.4, 0.5) is 0 Å². The van der Waals surface area contributed by atoms with Crippen molar-refractivity contribution in [1.82, 2.24) is 0 Å². The molecule has 0 radical (unpaired) electrons. The van der Waals surface area contributed by atoms with Crippen LogP contribution in [0.3, 0.4) is 0 Å². The van der Waals surface area contributed by atoms with Crippen LogP contribution < -0.4 is 5.73 Å². The van der Waals surface area contributed by atoms with E-state index in [4.69, 9.17) is 10.5 Å². The van der Waals surface area contributed by atoms with Gasteiger partial charge < -0.3 is 10.5 Å². The summed E-state index contributed by atoms with van der Waals surface area (Å²) in [6.45, 7) is 2.74. The van der Waals surface area contributed by atoms with Gasteiger partial charge in [0.2, 0.25) is 0 Å². The van der Waals surface area contributed by atoms with Gasteiger partial charge in [0.05, 0.1) is 13.2 Å². The third-order valence-corrected chi connectivity index (χ3v) is 2.18. The van der Waals surface area contributed by atoms with E-state index < -0.39 is 0 Å². The maximum absolute atomic E-state index is 10.6. The Labute approximate surface area is 99.2 Å². The van der Waals surface area contributed by atoms with Gasteiger partial charge in [0, 0.05) is 0 Å². The van der Waals surface area contributed by atoms with E-state index in [1.165, 1.54) is 32.1 Å². The first-order valence-electron chi connectivity index (χ1n) is 5.67. The topological polar surface area (TPSA) is 52.3 Å². The Bertz CT molecular complexity index is 143. The predicted molar refractivity (Wildman–Crippen MR) is 65.3 cm³/mol. The van der Waals surface area contributed by atoms with Crippen LogP contribution in [0.15, 0.2) is 0 Å². The van der Waals surface area contributed by atoms with E-state index in [2.05, 4.69) is 6.92 Å². The molecular weight excluding hydrogens is 214 g/mol. The molecule has 0 fully saturated rings. The number of unbranched alkanes of at least 4 members (excludes halogenated alkanes) is 6. The number of carbonyl (C=O) groups is 1. The van der Waals surface area contributed by atoms with Crippen LogP contribution in [0.25, 0.3) is 0 Å². The van der Waals surface area contributed by atoms with E-state index in [0.29, 0.717) is 6.61 Å². The minimum atomic E-state index is -0.295. The van der Waals surface area contributed by atoms with Crippen LogP contribution in [0.1, 0.15) is 51.9 Å². The van der Waals surface area contributed by atoms with Gasteiger partial charge in [0.25, 0.3) is 0 Å². The Morgan fingerprint density at radius 1 is 1.07 bits per heavy atom.